The van der Waals surface area contributed by atoms with Crippen LogP contribution >= 0.6 is 0 Å². The summed E-state index contributed by atoms with van der Waals surface area (Å²) in [7, 11) is 0. The van der Waals surface area contributed by atoms with Gasteiger partial charge >= 0.3 is 6.03 Å². The molecule has 0 bridgehead atoms. The van der Waals surface area contributed by atoms with E-state index in [1.54, 1.807) is 0 Å². The molecule has 0 aromatic heterocycles. The number of ether oxygens (including phenoxy) is 2. The van der Waals surface area contributed by atoms with Crippen LogP contribution in [0.5, 0.6) is 0 Å². The van der Waals surface area contributed by atoms with E-state index in [2.05, 4.69) is 17.2 Å². The van der Waals surface area contributed by atoms with Gasteiger partial charge < -0.3 is 20.1 Å². The molecule has 2 amide bonds. The molecule has 1 aromatic rings. The fourth-order valence-corrected chi connectivity index (χ4v) is 3.48. The molecular formula is C19H26N2O3. The molecule has 0 unspecified atom stereocenters. The molecule has 1 spiro atoms. The lowest BCUT2D eigenvalue weighted by atomic mass is 9.90. The van der Waals surface area contributed by atoms with Crippen molar-refractivity contribution < 1.29 is 14.3 Å². The molecule has 2 fully saturated rings. The Bertz CT molecular complexity index is 582. The van der Waals surface area contributed by atoms with Crippen molar-refractivity contribution in [3.05, 3.63) is 42.5 Å². The van der Waals surface area contributed by atoms with Gasteiger partial charge in [0, 0.05) is 31.4 Å². The monoisotopic (exact) mass is 330 g/mol. The summed E-state index contributed by atoms with van der Waals surface area (Å²) < 4.78 is 11.4. The van der Waals surface area contributed by atoms with E-state index in [4.69, 9.17) is 9.47 Å². The van der Waals surface area contributed by atoms with Crippen LogP contribution in [0.25, 0.3) is 0 Å². The Labute approximate surface area is 143 Å². The Morgan fingerprint density at radius 2 is 2.25 bits per heavy atom. The molecule has 0 radical (unpaired) electrons. The first-order valence-corrected chi connectivity index (χ1v) is 8.69. The van der Waals surface area contributed by atoms with E-state index in [1.165, 1.54) is 0 Å². The van der Waals surface area contributed by atoms with E-state index in [0.717, 1.165) is 50.0 Å². The third-order valence-corrected chi connectivity index (χ3v) is 4.78. The minimum absolute atomic E-state index is 0.126. The smallest absolute Gasteiger partial charge is 0.319 e. The van der Waals surface area contributed by atoms with Gasteiger partial charge in [0.15, 0.2) is 0 Å². The third kappa shape index (κ3) is 4.16. The van der Waals surface area contributed by atoms with Crippen LogP contribution in [0.3, 0.4) is 0 Å². The lowest BCUT2D eigenvalue weighted by Crippen LogP contribution is -2.49. The average Bonchev–Trinajstić information content (AvgIpc) is 3.01. The predicted octanol–water partition coefficient (Wildman–Crippen LogP) is 3.26. The predicted molar refractivity (Wildman–Crippen MR) is 94.3 cm³/mol. The van der Waals surface area contributed by atoms with Crippen molar-refractivity contribution in [2.24, 2.45) is 0 Å². The molecule has 0 aliphatic carbocycles. The maximum Gasteiger partial charge on any atom is 0.319 e. The van der Waals surface area contributed by atoms with E-state index in [0.29, 0.717) is 13.2 Å². The number of carbonyl (C=O) groups excluding carboxylic acids is 1. The van der Waals surface area contributed by atoms with Crippen molar-refractivity contribution in [1.29, 1.82) is 0 Å². The lowest BCUT2D eigenvalue weighted by molar-refractivity contribution is -0.0877. The van der Waals surface area contributed by atoms with Gasteiger partial charge in [0.2, 0.25) is 0 Å². The quantitative estimate of drug-likeness (QED) is 0.815. The summed E-state index contributed by atoms with van der Waals surface area (Å²) in [6.07, 6.45) is 6.23. The minimum atomic E-state index is -0.196. The zero-order valence-electron chi connectivity index (χ0n) is 14.1. The first-order chi connectivity index (χ1) is 11.7. The maximum absolute atomic E-state index is 12.4. The summed E-state index contributed by atoms with van der Waals surface area (Å²) in [4.78, 5) is 12.4. The fourth-order valence-electron chi connectivity index (χ4n) is 3.48. The number of anilines is 1. The Morgan fingerprint density at radius 3 is 3.04 bits per heavy atom. The van der Waals surface area contributed by atoms with Gasteiger partial charge in [-0.2, -0.15) is 0 Å². The molecule has 3 rings (SSSR count). The second-order valence-corrected chi connectivity index (χ2v) is 6.61. The molecule has 2 saturated heterocycles. The van der Waals surface area contributed by atoms with Crippen LogP contribution in [0.1, 0.15) is 31.2 Å². The molecule has 2 atom stereocenters. The Hall–Kier alpha value is -1.85. The molecule has 2 aliphatic heterocycles. The SMILES string of the molecule is C=CCCc1ccccc1NC(=O)N[C@H]1CCO[C@@]2(CCOC2)C1. The number of amides is 2. The van der Waals surface area contributed by atoms with Gasteiger partial charge in [0.25, 0.3) is 0 Å². The molecule has 2 heterocycles. The van der Waals surface area contributed by atoms with Crippen LogP contribution in [0.4, 0.5) is 10.5 Å². The van der Waals surface area contributed by atoms with Crippen molar-refractivity contribution in [3.8, 4) is 0 Å². The number of urea groups is 1. The van der Waals surface area contributed by atoms with Crippen molar-refractivity contribution in [2.45, 2.75) is 43.7 Å². The molecule has 5 nitrogen and oxygen atoms in total. The number of aryl methyl sites for hydroxylation is 1. The van der Waals surface area contributed by atoms with Crippen LogP contribution < -0.4 is 10.6 Å². The molecule has 2 N–H and O–H groups in total. The summed E-state index contributed by atoms with van der Waals surface area (Å²) in [5.41, 5.74) is 1.79. The number of nitrogens with one attached hydrogen (secondary N) is 2. The molecule has 0 saturated carbocycles. The van der Waals surface area contributed by atoms with Gasteiger partial charge in [-0.1, -0.05) is 24.3 Å². The number of para-hydroxylation sites is 1. The second-order valence-electron chi connectivity index (χ2n) is 6.61. The van der Waals surface area contributed by atoms with Crippen molar-refractivity contribution in [2.75, 3.05) is 25.1 Å². The standard InChI is InChI=1S/C19H26N2O3/c1-2-3-6-15-7-4-5-8-17(15)21-18(22)20-16-9-11-24-19(13-16)10-12-23-14-19/h2,4-5,7-8,16H,1,3,6,9-14H2,(H2,20,21,22)/t16-,19-/m0/s1. The average molecular weight is 330 g/mol. The van der Waals surface area contributed by atoms with Crippen molar-refractivity contribution in [1.82, 2.24) is 5.32 Å². The van der Waals surface area contributed by atoms with Crippen LogP contribution in [-0.4, -0.2) is 37.5 Å². The van der Waals surface area contributed by atoms with Gasteiger partial charge in [0.05, 0.1) is 12.2 Å². The van der Waals surface area contributed by atoms with Crippen LogP contribution in [-0.2, 0) is 15.9 Å². The zero-order valence-corrected chi connectivity index (χ0v) is 14.1. The number of allylic oxidation sites excluding steroid dienone is 1. The highest BCUT2D eigenvalue weighted by Crippen LogP contribution is 2.32. The molecule has 5 heteroatoms. The lowest BCUT2D eigenvalue weighted by Gasteiger charge is -2.37. The van der Waals surface area contributed by atoms with E-state index in [9.17, 15) is 4.79 Å². The first kappa shape index (κ1) is 17.0. The molecule has 130 valence electrons. The topological polar surface area (TPSA) is 59.6 Å². The largest absolute Gasteiger partial charge is 0.378 e. The third-order valence-electron chi connectivity index (χ3n) is 4.78. The molecule has 2 aliphatic rings. The number of benzene rings is 1. The summed E-state index contributed by atoms with van der Waals surface area (Å²) in [6, 6.07) is 7.88. The maximum atomic E-state index is 12.4. The molecule has 1 aromatic carbocycles. The van der Waals surface area contributed by atoms with E-state index >= 15 is 0 Å². The van der Waals surface area contributed by atoms with Crippen molar-refractivity contribution >= 4 is 11.7 Å². The fraction of sp³-hybridized carbons (Fsp3) is 0.526. The van der Waals surface area contributed by atoms with Crippen LogP contribution in [0.2, 0.25) is 0 Å². The van der Waals surface area contributed by atoms with Crippen LogP contribution in [0, 0.1) is 0 Å². The zero-order chi connectivity index (χ0) is 16.8. The van der Waals surface area contributed by atoms with Gasteiger partial charge in [-0.05, 0) is 37.3 Å². The minimum Gasteiger partial charge on any atom is -0.378 e. The number of hydrogen-bond donors (Lipinski definition) is 2. The van der Waals surface area contributed by atoms with Gasteiger partial charge in [-0.15, -0.1) is 6.58 Å². The number of hydrogen-bond acceptors (Lipinski definition) is 3. The Morgan fingerprint density at radius 1 is 1.38 bits per heavy atom. The summed E-state index contributed by atoms with van der Waals surface area (Å²) in [5.74, 6) is 0. The van der Waals surface area contributed by atoms with Crippen LogP contribution in [0.15, 0.2) is 36.9 Å². The molecule has 24 heavy (non-hydrogen) atoms. The highest BCUT2D eigenvalue weighted by molar-refractivity contribution is 5.90. The first-order valence-electron chi connectivity index (χ1n) is 8.69. The Balaban J connectivity index is 1.56. The van der Waals surface area contributed by atoms with E-state index < -0.39 is 0 Å². The van der Waals surface area contributed by atoms with E-state index in [-0.39, 0.29) is 17.7 Å². The van der Waals surface area contributed by atoms with Gasteiger partial charge in [-0.25, -0.2) is 4.79 Å². The Kier molecular flexibility index (Phi) is 5.53. The van der Waals surface area contributed by atoms with Crippen molar-refractivity contribution in [3.63, 3.8) is 0 Å². The highest BCUT2D eigenvalue weighted by Gasteiger charge is 2.41. The number of carbonyl (C=O) groups is 1. The van der Waals surface area contributed by atoms with E-state index in [1.807, 2.05) is 30.3 Å². The highest BCUT2D eigenvalue weighted by atomic mass is 16.6. The van der Waals surface area contributed by atoms with Gasteiger partial charge in [-0.3, -0.25) is 0 Å². The summed E-state index contributed by atoms with van der Waals surface area (Å²) in [5, 5.41) is 6.09. The second kappa shape index (κ2) is 7.81. The molecular weight excluding hydrogens is 304 g/mol. The number of rotatable bonds is 5. The summed E-state index contributed by atoms with van der Waals surface area (Å²) in [6.45, 7) is 5.81. The summed E-state index contributed by atoms with van der Waals surface area (Å²) >= 11 is 0. The van der Waals surface area contributed by atoms with Gasteiger partial charge in [0.1, 0.15) is 0 Å². The normalized spacial score (nSPS) is 26.2.